The molecule has 102 valence electrons. The van der Waals surface area contributed by atoms with Gasteiger partial charge in [-0.3, -0.25) is 0 Å². The standard InChI is InChI=1S/C16H10ClF3/c17-11-7-5-10(6-8-11)14-9-15(16(18,19)20)13-4-2-1-3-12(13)14/h1-9,14H. The van der Waals surface area contributed by atoms with Crippen LogP contribution in [0.15, 0.2) is 54.6 Å². The highest BCUT2D eigenvalue weighted by molar-refractivity contribution is 6.30. The number of alkyl halides is 3. The smallest absolute Gasteiger partial charge is 0.166 e. The lowest BCUT2D eigenvalue weighted by molar-refractivity contribution is -0.0688. The van der Waals surface area contributed by atoms with E-state index in [0.717, 1.165) is 5.56 Å². The number of rotatable bonds is 1. The first kappa shape index (κ1) is 13.3. The maximum Gasteiger partial charge on any atom is 0.416 e. The van der Waals surface area contributed by atoms with Crippen molar-refractivity contribution in [2.45, 2.75) is 12.1 Å². The second kappa shape index (κ2) is 4.67. The molecule has 1 aliphatic rings. The molecule has 0 aliphatic heterocycles. The molecule has 3 rings (SSSR count). The van der Waals surface area contributed by atoms with Crippen LogP contribution >= 0.6 is 11.6 Å². The van der Waals surface area contributed by atoms with Crippen molar-refractivity contribution in [2.24, 2.45) is 0 Å². The van der Waals surface area contributed by atoms with E-state index in [4.69, 9.17) is 11.6 Å². The Morgan fingerprint density at radius 1 is 0.900 bits per heavy atom. The van der Waals surface area contributed by atoms with Crippen molar-refractivity contribution in [3.8, 4) is 0 Å². The van der Waals surface area contributed by atoms with E-state index in [1.807, 2.05) is 0 Å². The molecule has 0 saturated carbocycles. The molecule has 0 saturated heterocycles. The Labute approximate surface area is 119 Å². The molecule has 0 amide bonds. The van der Waals surface area contributed by atoms with E-state index in [2.05, 4.69) is 0 Å². The minimum atomic E-state index is -4.34. The van der Waals surface area contributed by atoms with Crippen molar-refractivity contribution in [3.05, 3.63) is 76.3 Å². The van der Waals surface area contributed by atoms with Crippen molar-refractivity contribution in [1.82, 2.24) is 0 Å². The zero-order valence-corrected chi connectivity index (χ0v) is 11.0. The van der Waals surface area contributed by atoms with Crippen LogP contribution in [-0.2, 0) is 0 Å². The Morgan fingerprint density at radius 2 is 1.55 bits per heavy atom. The monoisotopic (exact) mass is 294 g/mol. The van der Waals surface area contributed by atoms with Gasteiger partial charge in [-0.05, 0) is 28.8 Å². The lowest BCUT2D eigenvalue weighted by atomic mass is 9.93. The van der Waals surface area contributed by atoms with Crippen LogP contribution in [0.5, 0.6) is 0 Å². The van der Waals surface area contributed by atoms with Gasteiger partial charge in [0.1, 0.15) is 0 Å². The average molecular weight is 295 g/mol. The zero-order chi connectivity index (χ0) is 14.3. The average Bonchev–Trinajstić information content (AvgIpc) is 2.79. The van der Waals surface area contributed by atoms with E-state index in [1.54, 1.807) is 42.5 Å². The Balaban J connectivity index is 2.13. The molecule has 0 heterocycles. The lowest BCUT2D eigenvalue weighted by Crippen LogP contribution is -2.09. The largest absolute Gasteiger partial charge is 0.416 e. The predicted molar refractivity (Wildman–Crippen MR) is 73.8 cm³/mol. The normalized spacial score (nSPS) is 17.8. The molecule has 0 nitrogen and oxygen atoms in total. The molecule has 1 unspecified atom stereocenters. The van der Waals surface area contributed by atoms with Crippen molar-refractivity contribution >= 4 is 17.2 Å². The quantitative estimate of drug-likeness (QED) is 0.658. The van der Waals surface area contributed by atoms with Gasteiger partial charge in [-0.15, -0.1) is 0 Å². The van der Waals surface area contributed by atoms with Crippen molar-refractivity contribution < 1.29 is 13.2 Å². The van der Waals surface area contributed by atoms with Crippen LogP contribution in [0.4, 0.5) is 13.2 Å². The van der Waals surface area contributed by atoms with Gasteiger partial charge >= 0.3 is 6.18 Å². The molecule has 0 N–H and O–H groups in total. The van der Waals surface area contributed by atoms with Gasteiger partial charge in [-0.1, -0.05) is 54.1 Å². The Morgan fingerprint density at radius 3 is 2.20 bits per heavy atom. The number of hydrogen-bond acceptors (Lipinski definition) is 0. The fraction of sp³-hybridized carbons (Fsp3) is 0.125. The van der Waals surface area contributed by atoms with Gasteiger partial charge in [0.25, 0.3) is 0 Å². The third kappa shape index (κ3) is 2.22. The maximum absolute atomic E-state index is 13.1. The molecular formula is C16H10ClF3. The molecule has 2 aromatic carbocycles. The molecule has 0 aromatic heterocycles. The summed E-state index contributed by atoms with van der Waals surface area (Å²) in [7, 11) is 0. The van der Waals surface area contributed by atoms with Crippen LogP contribution in [0.3, 0.4) is 0 Å². The van der Waals surface area contributed by atoms with Crippen molar-refractivity contribution in [1.29, 1.82) is 0 Å². The van der Waals surface area contributed by atoms with E-state index < -0.39 is 11.7 Å². The summed E-state index contributed by atoms with van der Waals surface area (Å²) in [5, 5.41) is 0.569. The summed E-state index contributed by atoms with van der Waals surface area (Å²) >= 11 is 5.82. The number of allylic oxidation sites excluding steroid dienone is 2. The van der Waals surface area contributed by atoms with Gasteiger partial charge < -0.3 is 0 Å². The van der Waals surface area contributed by atoms with Crippen LogP contribution in [0.25, 0.3) is 5.57 Å². The lowest BCUT2D eigenvalue weighted by Gasteiger charge is -2.11. The third-order valence-electron chi connectivity index (χ3n) is 3.45. The molecule has 0 radical (unpaired) electrons. The summed E-state index contributed by atoms with van der Waals surface area (Å²) in [4.78, 5) is 0. The summed E-state index contributed by atoms with van der Waals surface area (Å²) < 4.78 is 39.3. The second-order valence-corrected chi connectivity index (χ2v) is 5.13. The number of fused-ring (bicyclic) bond motifs is 1. The zero-order valence-electron chi connectivity index (χ0n) is 10.3. The maximum atomic E-state index is 13.1. The van der Waals surface area contributed by atoms with E-state index in [1.165, 1.54) is 12.1 Å². The summed E-state index contributed by atoms with van der Waals surface area (Å²) in [6, 6.07) is 13.6. The number of benzene rings is 2. The first-order chi connectivity index (χ1) is 9.47. The molecule has 2 aromatic rings. The molecule has 0 spiro atoms. The van der Waals surface area contributed by atoms with Crippen LogP contribution in [0.2, 0.25) is 5.02 Å². The molecule has 1 aliphatic carbocycles. The molecule has 0 bridgehead atoms. The minimum Gasteiger partial charge on any atom is -0.166 e. The van der Waals surface area contributed by atoms with E-state index in [9.17, 15) is 13.2 Å². The highest BCUT2D eigenvalue weighted by Gasteiger charge is 2.40. The molecule has 1 atom stereocenters. The van der Waals surface area contributed by atoms with Gasteiger partial charge in [0.05, 0.1) is 5.57 Å². The Bertz CT molecular complexity index is 669. The fourth-order valence-corrected chi connectivity index (χ4v) is 2.68. The number of hydrogen-bond donors (Lipinski definition) is 0. The van der Waals surface area contributed by atoms with Gasteiger partial charge in [-0.2, -0.15) is 13.2 Å². The van der Waals surface area contributed by atoms with Crippen LogP contribution in [0, 0.1) is 0 Å². The Kier molecular flexibility index (Phi) is 3.09. The minimum absolute atomic E-state index is 0.264. The van der Waals surface area contributed by atoms with Crippen LogP contribution in [-0.4, -0.2) is 6.18 Å². The van der Waals surface area contributed by atoms with Crippen molar-refractivity contribution in [2.75, 3.05) is 0 Å². The van der Waals surface area contributed by atoms with E-state index in [-0.39, 0.29) is 11.5 Å². The summed E-state index contributed by atoms with van der Waals surface area (Å²) in [5.41, 5.74) is 1.19. The van der Waals surface area contributed by atoms with E-state index >= 15 is 0 Å². The molecule has 20 heavy (non-hydrogen) atoms. The topological polar surface area (TPSA) is 0 Å². The highest BCUT2D eigenvalue weighted by atomic mass is 35.5. The molecule has 4 heteroatoms. The van der Waals surface area contributed by atoms with Gasteiger partial charge in [0, 0.05) is 10.9 Å². The summed E-state index contributed by atoms with van der Waals surface area (Å²) in [6.07, 6.45) is -3.05. The van der Waals surface area contributed by atoms with E-state index in [0.29, 0.717) is 10.6 Å². The first-order valence-electron chi connectivity index (χ1n) is 6.10. The van der Waals surface area contributed by atoms with Gasteiger partial charge in [-0.25, -0.2) is 0 Å². The van der Waals surface area contributed by atoms with Crippen LogP contribution in [0.1, 0.15) is 22.6 Å². The van der Waals surface area contributed by atoms with Gasteiger partial charge in [0.15, 0.2) is 0 Å². The summed E-state index contributed by atoms with van der Waals surface area (Å²) in [5.74, 6) is -0.375. The van der Waals surface area contributed by atoms with Crippen LogP contribution < -0.4 is 0 Å². The second-order valence-electron chi connectivity index (χ2n) is 4.69. The highest BCUT2D eigenvalue weighted by Crippen LogP contribution is 2.46. The molecular weight excluding hydrogens is 285 g/mol. The third-order valence-corrected chi connectivity index (χ3v) is 3.71. The summed E-state index contributed by atoms with van der Waals surface area (Å²) in [6.45, 7) is 0. The predicted octanol–water partition coefficient (Wildman–Crippen LogP) is 5.43. The SMILES string of the molecule is FC(F)(F)C1=CC(c2ccc(Cl)cc2)c2ccccc21. The fourth-order valence-electron chi connectivity index (χ4n) is 2.55. The Hall–Kier alpha value is -1.74. The van der Waals surface area contributed by atoms with Crippen molar-refractivity contribution in [3.63, 3.8) is 0 Å². The first-order valence-corrected chi connectivity index (χ1v) is 6.48. The van der Waals surface area contributed by atoms with Gasteiger partial charge in [0.2, 0.25) is 0 Å². The molecule has 0 fully saturated rings. The number of halogens is 4.